The van der Waals surface area contributed by atoms with Crippen LogP contribution in [0.15, 0.2) is 48.5 Å². The third-order valence-corrected chi connectivity index (χ3v) is 3.91. The second-order valence-corrected chi connectivity index (χ2v) is 6.12. The highest BCUT2D eigenvalue weighted by molar-refractivity contribution is 5.95. The molecule has 0 unspecified atom stereocenters. The van der Waals surface area contributed by atoms with Crippen LogP contribution in [0.3, 0.4) is 0 Å². The lowest BCUT2D eigenvalue weighted by molar-refractivity contribution is -0.384. The molecule has 0 saturated carbocycles. The molecular formula is C20H20N4O5. The molecule has 0 radical (unpaired) electrons. The largest absolute Gasteiger partial charge is 0.453 e. The summed E-state index contributed by atoms with van der Waals surface area (Å²) in [5, 5.41) is 25.3. The molecule has 1 amide bonds. The molecule has 150 valence electrons. The van der Waals surface area contributed by atoms with Gasteiger partial charge in [0.05, 0.1) is 16.6 Å². The van der Waals surface area contributed by atoms with Crippen LogP contribution in [-0.2, 0) is 14.3 Å². The van der Waals surface area contributed by atoms with Gasteiger partial charge >= 0.3 is 5.97 Å². The standard InChI is InChI=1S/C20H20N4O5/c1-14(20(26)23-16-7-4-6-15(12-16)13-21)29-19(25)10-5-11-22-17-8-2-3-9-18(17)24(27)28/h2-4,6-9,12,14,22H,5,10-11H2,1H3,(H,23,26)/t14-/m1/s1. The van der Waals surface area contributed by atoms with Crippen molar-refractivity contribution < 1.29 is 19.2 Å². The van der Waals surface area contributed by atoms with E-state index in [2.05, 4.69) is 10.6 Å². The van der Waals surface area contributed by atoms with Crippen LogP contribution in [0, 0.1) is 21.4 Å². The van der Waals surface area contributed by atoms with Crippen LogP contribution in [0.5, 0.6) is 0 Å². The van der Waals surface area contributed by atoms with Crippen molar-refractivity contribution in [3.63, 3.8) is 0 Å². The number of amides is 1. The minimum atomic E-state index is -1.00. The van der Waals surface area contributed by atoms with Gasteiger partial charge in [-0.05, 0) is 37.6 Å². The van der Waals surface area contributed by atoms with Crippen LogP contribution in [0.4, 0.5) is 17.1 Å². The normalized spacial score (nSPS) is 11.0. The number of nitrogens with one attached hydrogen (secondary N) is 2. The van der Waals surface area contributed by atoms with Crippen molar-refractivity contribution in [2.24, 2.45) is 0 Å². The Kier molecular flexibility index (Phi) is 7.68. The molecule has 0 heterocycles. The zero-order valence-corrected chi connectivity index (χ0v) is 15.8. The molecule has 0 aliphatic heterocycles. The molecule has 2 aromatic carbocycles. The predicted octanol–water partition coefficient (Wildman–Crippen LogP) is 3.23. The van der Waals surface area contributed by atoms with E-state index in [1.807, 2.05) is 6.07 Å². The molecule has 1 atom stereocenters. The average Bonchev–Trinajstić information content (AvgIpc) is 2.71. The molecule has 0 aliphatic carbocycles. The third kappa shape index (κ3) is 6.62. The van der Waals surface area contributed by atoms with E-state index in [0.717, 1.165) is 0 Å². The zero-order valence-electron chi connectivity index (χ0n) is 15.8. The minimum Gasteiger partial charge on any atom is -0.453 e. The van der Waals surface area contributed by atoms with Gasteiger partial charge < -0.3 is 15.4 Å². The molecule has 0 aliphatic rings. The van der Waals surface area contributed by atoms with Crippen molar-refractivity contribution in [3.05, 3.63) is 64.2 Å². The number of nitriles is 1. The highest BCUT2D eigenvalue weighted by Crippen LogP contribution is 2.23. The van der Waals surface area contributed by atoms with Gasteiger partial charge in [0.1, 0.15) is 5.69 Å². The van der Waals surface area contributed by atoms with E-state index in [0.29, 0.717) is 29.9 Å². The van der Waals surface area contributed by atoms with Gasteiger partial charge in [-0.2, -0.15) is 5.26 Å². The SMILES string of the molecule is C[C@@H](OC(=O)CCCNc1ccccc1[N+](=O)[O-])C(=O)Nc1cccc(C#N)c1. The van der Waals surface area contributed by atoms with E-state index >= 15 is 0 Å². The summed E-state index contributed by atoms with van der Waals surface area (Å²) in [5.74, 6) is -1.06. The Morgan fingerprint density at radius 1 is 1.24 bits per heavy atom. The third-order valence-electron chi connectivity index (χ3n) is 3.91. The van der Waals surface area contributed by atoms with Crippen molar-refractivity contribution in [1.29, 1.82) is 5.26 Å². The van der Waals surface area contributed by atoms with Crippen LogP contribution in [0.1, 0.15) is 25.3 Å². The van der Waals surface area contributed by atoms with Gasteiger partial charge in [-0.1, -0.05) is 18.2 Å². The first-order valence-corrected chi connectivity index (χ1v) is 8.88. The van der Waals surface area contributed by atoms with Crippen molar-refractivity contribution in [1.82, 2.24) is 0 Å². The molecule has 29 heavy (non-hydrogen) atoms. The van der Waals surface area contributed by atoms with Crippen molar-refractivity contribution in [2.45, 2.75) is 25.9 Å². The second-order valence-electron chi connectivity index (χ2n) is 6.12. The second kappa shape index (κ2) is 10.4. The Hall–Kier alpha value is -3.93. The van der Waals surface area contributed by atoms with Gasteiger partial charge in [-0.3, -0.25) is 19.7 Å². The Morgan fingerprint density at radius 2 is 2.00 bits per heavy atom. The maximum absolute atomic E-state index is 12.1. The van der Waals surface area contributed by atoms with Gasteiger partial charge in [0.15, 0.2) is 6.10 Å². The summed E-state index contributed by atoms with van der Waals surface area (Å²) >= 11 is 0. The summed E-state index contributed by atoms with van der Waals surface area (Å²) in [6.07, 6.45) is -0.574. The fourth-order valence-electron chi connectivity index (χ4n) is 2.46. The summed E-state index contributed by atoms with van der Waals surface area (Å²) in [5.41, 5.74) is 1.17. The number of benzene rings is 2. The topological polar surface area (TPSA) is 134 Å². The Labute approximate surface area is 167 Å². The minimum absolute atomic E-state index is 0.0409. The molecular weight excluding hydrogens is 376 g/mol. The number of para-hydroxylation sites is 2. The number of esters is 1. The number of nitro benzene ring substituents is 1. The molecule has 2 aromatic rings. The van der Waals surface area contributed by atoms with E-state index in [4.69, 9.17) is 10.00 Å². The fraction of sp³-hybridized carbons (Fsp3) is 0.250. The number of nitro groups is 1. The molecule has 0 spiro atoms. The molecule has 9 nitrogen and oxygen atoms in total. The number of carbonyl (C=O) groups is 2. The van der Waals surface area contributed by atoms with Crippen LogP contribution < -0.4 is 10.6 Å². The summed E-state index contributed by atoms with van der Waals surface area (Å²) in [4.78, 5) is 34.5. The van der Waals surface area contributed by atoms with Gasteiger partial charge in [0.2, 0.25) is 0 Å². The number of nitrogens with zero attached hydrogens (tertiary/aromatic N) is 2. The molecule has 0 bridgehead atoms. The predicted molar refractivity (Wildman–Crippen MR) is 106 cm³/mol. The van der Waals surface area contributed by atoms with Gasteiger partial charge in [-0.25, -0.2) is 0 Å². The van der Waals surface area contributed by atoms with E-state index in [9.17, 15) is 19.7 Å². The van der Waals surface area contributed by atoms with Crippen LogP contribution in [-0.4, -0.2) is 29.4 Å². The van der Waals surface area contributed by atoms with Crippen molar-refractivity contribution in [3.8, 4) is 6.07 Å². The van der Waals surface area contributed by atoms with E-state index in [-0.39, 0.29) is 12.1 Å². The summed E-state index contributed by atoms with van der Waals surface area (Å²) in [6, 6.07) is 14.6. The van der Waals surface area contributed by atoms with Gasteiger partial charge in [0.25, 0.3) is 11.6 Å². The fourth-order valence-corrected chi connectivity index (χ4v) is 2.46. The Bertz CT molecular complexity index is 938. The monoisotopic (exact) mass is 396 g/mol. The number of anilines is 2. The quantitative estimate of drug-likeness (QED) is 0.287. The van der Waals surface area contributed by atoms with Crippen LogP contribution in [0.25, 0.3) is 0 Å². The lowest BCUT2D eigenvalue weighted by Crippen LogP contribution is -2.30. The Morgan fingerprint density at radius 3 is 2.72 bits per heavy atom. The number of ether oxygens (including phenoxy) is 1. The summed E-state index contributed by atoms with van der Waals surface area (Å²) < 4.78 is 5.10. The molecule has 0 fully saturated rings. The summed E-state index contributed by atoms with van der Waals surface area (Å²) in [7, 11) is 0. The maximum atomic E-state index is 12.1. The highest BCUT2D eigenvalue weighted by Gasteiger charge is 2.18. The van der Waals surface area contributed by atoms with Crippen LogP contribution >= 0.6 is 0 Å². The summed E-state index contributed by atoms with van der Waals surface area (Å²) in [6.45, 7) is 1.79. The highest BCUT2D eigenvalue weighted by atomic mass is 16.6. The zero-order chi connectivity index (χ0) is 21.2. The Balaban J connectivity index is 1.75. The van der Waals surface area contributed by atoms with E-state index in [1.165, 1.54) is 19.1 Å². The van der Waals surface area contributed by atoms with E-state index < -0.39 is 22.9 Å². The van der Waals surface area contributed by atoms with E-state index in [1.54, 1.807) is 36.4 Å². The first kappa shape index (κ1) is 21.4. The van der Waals surface area contributed by atoms with Gasteiger partial charge in [0, 0.05) is 24.7 Å². The van der Waals surface area contributed by atoms with Crippen molar-refractivity contribution in [2.75, 3.05) is 17.2 Å². The van der Waals surface area contributed by atoms with Gasteiger partial charge in [-0.15, -0.1) is 0 Å². The first-order chi connectivity index (χ1) is 13.9. The average molecular weight is 396 g/mol. The number of rotatable bonds is 9. The lowest BCUT2D eigenvalue weighted by Gasteiger charge is -2.14. The molecule has 2 rings (SSSR count). The first-order valence-electron chi connectivity index (χ1n) is 8.88. The number of hydrogen-bond acceptors (Lipinski definition) is 7. The van der Waals surface area contributed by atoms with Crippen molar-refractivity contribution >= 4 is 28.9 Å². The smallest absolute Gasteiger partial charge is 0.306 e. The number of hydrogen-bond donors (Lipinski definition) is 2. The molecule has 0 saturated heterocycles. The number of carbonyl (C=O) groups excluding carboxylic acids is 2. The molecule has 0 aromatic heterocycles. The maximum Gasteiger partial charge on any atom is 0.306 e. The molecule has 2 N–H and O–H groups in total. The molecule has 9 heteroatoms. The lowest BCUT2D eigenvalue weighted by atomic mass is 10.2. The van der Waals surface area contributed by atoms with Crippen LogP contribution in [0.2, 0.25) is 0 Å².